The van der Waals surface area contributed by atoms with Crippen molar-refractivity contribution in [2.45, 2.75) is 31.1 Å². The molecule has 1 atom stereocenters. The Morgan fingerprint density at radius 3 is 2.63 bits per heavy atom. The van der Waals surface area contributed by atoms with Crippen LogP contribution in [0.4, 0.5) is 0 Å². The Morgan fingerprint density at radius 2 is 1.93 bits per heavy atom. The molecular weight excluding hydrogens is 396 g/mol. The smallest absolute Gasteiger partial charge is 0.239 e. The van der Waals surface area contributed by atoms with Crippen molar-refractivity contribution in [1.29, 1.82) is 5.41 Å². The summed E-state index contributed by atoms with van der Waals surface area (Å²) in [6.07, 6.45) is 6.62. The van der Waals surface area contributed by atoms with Gasteiger partial charge in [0.05, 0.1) is 11.7 Å². The number of aromatic nitrogens is 2. The number of imidazole rings is 1. The first-order valence-corrected chi connectivity index (χ1v) is 10.7. The zero-order valence-electron chi connectivity index (χ0n) is 16.6. The molecule has 5 nitrogen and oxygen atoms in total. The van der Waals surface area contributed by atoms with Crippen molar-refractivity contribution in [2.24, 2.45) is 5.92 Å². The van der Waals surface area contributed by atoms with E-state index in [0.29, 0.717) is 36.2 Å². The largest absolute Gasteiger partial charge is 0.348 e. The second kappa shape index (κ2) is 7.40. The fourth-order valence-corrected chi connectivity index (χ4v) is 4.88. The van der Waals surface area contributed by atoms with Crippen LogP contribution in [-0.2, 0) is 16.6 Å². The quantitative estimate of drug-likeness (QED) is 0.601. The maximum Gasteiger partial charge on any atom is 0.239 e. The van der Waals surface area contributed by atoms with Gasteiger partial charge in [-0.05, 0) is 47.6 Å². The van der Waals surface area contributed by atoms with E-state index in [4.69, 9.17) is 17.0 Å². The lowest BCUT2D eigenvalue weighted by Gasteiger charge is -2.28. The van der Waals surface area contributed by atoms with Crippen molar-refractivity contribution in [3.05, 3.63) is 77.3 Å². The van der Waals surface area contributed by atoms with Crippen LogP contribution in [0, 0.1) is 11.3 Å². The van der Waals surface area contributed by atoms with Crippen LogP contribution < -0.4 is 0 Å². The molecular formula is C24H23ClN4O. The summed E-state index contributed by atoms with van der Waals surface area (Å²) in [7, 11) is 0. The number of carbonyl (C=O) groups is 1. The van der Waals surface area contributed by atoms with Crippen molar-refractivity contribution >= 4 is 23.3 Å². The third-order valence-corrected chi connectivity index (χ3v) is 6.60. The van der Waals surface area contributed by atoms with Gasteiger partial charge in [-0.3, -0.25) is 15.1 Å². The van der Waals surface area contributed by atoms with Gasteiger partial charge in [-0.1, -0.05) is 48.0 Å². The SMILES string of the molecule is N=C1CC(c2cccc(-c3cccc(Cl)c3)c2)(C2CC2)C(=O)N1CCc1cnc[nH]1. The second-order valence-corrected chi connectivity index (χ2v) is 8.68. The Bertz CT molecular complexity index is 1110. The number of carbonyl (C=O) groups excluding carboxylic acids is 1. The molecule has 0 bridgehead atoms. The molecule has 3 aromatic rings. The third-order valence-electron chi connectivity index (χ3n) is 6.37. The summed E-state index contributed by atoms with van der Waals surface area (Å²) in [5, 5.41) is 9.29. The molecule has 1 aliphatic carbocycles. The van der Waals surface area contributed by atoms with Crippen LogP contribution in [-0.4, -0.2) is 33.2 Å². The number of hydrogen-bond acceptors (Lipinski definition) is 3. The molecule has 2 fully saturated rings. The Kier molecular flexibility index (Phi) is 4.70. The number of amides is 1. The van der Waals surface area contributed by atoms with Gasteiger partial charge in [0.15, 0.2) is 0 Å². The first kappa shape index (κ1) is 19.1. The van der Waals surface area contributed by atoms with Crippen LogP contribution in [0.3, 0.4) is 0 Å². The number of amidine groups is 1. The standard InChI is InChI=1S/C24H23ClN4O/c25-20-6-2-4-17(12-20)16-3-1-5-19(11-16)24(18-7-8-18)13-22(26)29(23(24)30)10-9-21-14-27-15-28-21/h1-6,11-12,14-15,18,26H,7-10,13H2,(H,27,28). The molecule has 2 N–H and O–H groups in total. The lowest BCUT2D eigenvalue weighted by Crippen LogP contribution is -2.41. The highest BCUT2D eigenvalue weighted by Gasteiger charge is 2.58. The summed E-state index contributed by atoms with van der Waals surface area (Å²) in [6.45, 7) is 0.502. The van der Waals surface area contributed by atoms with Gasteiger partial charge in [0, 0.05) is 36.3 Å². The molecule has 0 radical (unpaired) electrons. The van der Waals surface area contributed by atoms with Crippen molar-refractivity contribution in [3.63, 3.8) is 0 Å². The van der Waals surface area contributed by atoms with E-state index in [1.807, 2.05) is 30.3 Å². The summed E-state index contributed by atoms with van der Waals surface area (Å²) >= 11 is 6.19. The zero-order valence-corrected chi connectivity index (χ0v) is 17.3. The molecule has 2 heterocycles. The molecule has 1 unspecified atom stereocenters. The number of nitrogens with zero attached hydrogens (tertiary/aromatic N) is 2. The Morgan fingerprint density at radius 1 is 1.17 bits per heavy atom. The molecule has 0 spiro atoms. The van der Waals surface area contributed by atoms with Gasteiger partial charge in [0.1, 0.15) is 5.84 Å². The van der Waals surface area contributed by atoms with Gasteiger partial charge in [0.25, 0.3) is 0 Å². The molecule has 1 amide bonds. The highest BCUT2D eigenvalue weighted by molar-refractivity contribution is 6.30. The predicted octanol–water partition coefficient (Wildman–Crippen LogP) is 4.83. The zero-order chi connectivity index (χ0) is 20.7. The minimum atomic E-state index is -0.625. The van der Waals surface area contributed by atoms with E-state index in [1.165, 1.54) is 0 Å². The fourth-order valence-electron chi connectivity index (χ4n) is 4.69. The van der Waals surface area contributed by atoms with Crippen LogP contribution >= 0.6 is 11.6 Å². The molecule has 152 valence electrons. The second-order valence-electron chi connectivity index (χ2n) is 8.24. The number of rotatable bonds is 6. The topological polar surface area (TPSA) is 72.8 Å². The normalized spacial score (nSPS) is 21.4. The van der Waals surface area contributed by atoms with Crippen molar-refractivity contribution in [2.75, 3.05) is 6.54 Å². The molecule has 2 aromatic carbocycles. The number of hydrogen-bond donors (Lipinski definition) is 2. The molecule has 1 saturated carbocycles. The lowest BCUT2D eigenvalue weighted by atomic mass is 9.74. The maximum absolute atomic E-state index is 13.7. The number of likely N-dealkylation sites (tertiary alicyclic amines) is 1. The molecule has 5 rings (SSSR count). The van der Waals surface area contributed by atoms with E-state index in [0.717, 1.165) is 35.2 Å². The van der Waals surface area contributed by atoms with Crippen LogP contribution in [0.1, 0.15) is 30.5 Å². The van der Waals surface area contributed by atoms with Gasteiger partial charge in [-0.2, -0.15) is 0 Å². The van der Waals surface area contributed by atoms with E-state index in [-0.39, 0.29) is 5.91 Å². The highest BCUT2D eigenvalue weighted by Crippen LogP contribution is 2.54. The lowest BCUT2D eigenvalue weighted by molar-refractivity contribution is -0.131. The van der Waals surface area contributed by atoms with Gasteiger partial charge < -0.3 is 4.98 Å². The maximum atomic E-state index is 13.7. The molecule has 1 aromatic heterocycles. The number of aromatic amines is 1. The Labute approximate surface area is 180 Å². The van der Waals surface area contributed by atoms with Gasteiger partial charge in [-0.15, -0.1) is 0 Å². The van der Waals surface area contributed by atoms with Crippen molar-refractivity contribution in [3.8, 4) is 11.1 Å². The average molecular weight is 419 g/mol. The van der Waals surface area contributed by atoms with E-state index in [1.54, 1.807) is 17.4 Å². The van der Waals surface area contributed by atoms with Gasteiger partial charge in [0.2, 0.25) is 5.91 Å². The van der Waals surface area contributed by atoms with E-state index < -0.39 is 5.41 Å². The number of H-pyrrole nitrogens is 1. The van der Waals surface area contributed by atoms with Gasteiger partial charge >= 0.3 is 0 Å². The summed E-state index contributed by atoms with van der Waals surface area (Å²) in [6, 6.07) is 16.0. The summed E-state index contributed by atoms with van der Waals surface area (Å²) in [5.41, 5.74) is 3.44. The fraction of sp³-hybridized carbons (Fsp3) is 0.292. The first-order valence-electron chi connectivity index (χ1n) is 10.3. The van der Waals surface area contributed by atoms with E-state index in [2.05, 4.69) is 28.2 Å². The summed E-state index contributed by atoms with van der Waals surface area (Å²) in [5.74, 6) is 0.787. The van der Waals surface area contributed by atoms with Crippen LogP contribution in [0.5, 0.6) is 0 Å². The molecule has 1 saturated heterocycles. The van der Waals surface area contributed by atoms with Crippen molar-refractivity contribution < 1.29 is 4.79 Å². The van der Waals surface area contributed by atoms with Crippen LogP contribution in [0.15, 0.2) is 61.1 Å². The van der Waals surface area contributed by atoms with Gasteiger partial charge in [-0.25, -0.2) is 4.98 Å². The molecule has 1 aliphatic heterocycles. The highest BCUT2D eigenvalue weighted by atomic mass is 35.5. The Hall–Kier alpha value is -2.92. The molecule has 30 heavy (non-hydrogen) atoms. The summed E-state index contributed by atoms with van der Waals surface area (Å²) < 4.78 is 0. The number of nitrogens with one attached hydrogen (secondary N) is 2. The minimum Gasteiger partial charge on any atom is -0.348 e. The third kappa shape index (κ3) is 3.23. The number of benzene rings is 2. The van der Waals surface area contributed by atoms with Crippen LogP contribution in [0.25, 0.3) is 11.1 Å². The molecule has 6 heteroatoms. The minimum absolute atomic E-state index is 0.0674. The Balaban J connectivity index is 1.49. The van der Waals surface area contributed by atoms with E-state index >= 15 is 0 Å². The number of halogens is 1. The van der Waals surface area contributed by atoms with Crippen molar-refractivity contribution in [1.82, 2.24) is 14.9 Å². The monoisotopic (exact) mass is 418 g/mol. The average Bonchev–Trinajstić information content (AvgIpc) is 3.41. The molecule has 2 aliphatic rings. The predicted molar refractivity (Wildman–Crippen MR) is 118 cm³/mol. The first-order chi connectivity index (χ1) is 14.6. The summed E-state index contributed by atoms with van der Waals surface area (Å²) in [4.78, 5) is 22.5. The van der Waals surface area contributed by atoms with E-state index in [9.17, 15) is 4.79 Å². The van der Waals surface area contributed by atoms with Crippen LogP contribution in [0.2, 0.25) is 5.02 Å².